The monoisotopic (exact) mass is 260 g/mol. The van der Waals surface area contributed by atoms with Crippen LogP contribution in [0.5, 0.6) is 5.75 Å². The van der Waals surface area contributed by atoms with Gasteiger partial charge in [0.25, 0.3) is 0 Å². The van der Waals surface area contributed by atoms with E-state index >= 15 is 0 Å². The van der Waals surface area contributed by atoms with Crippen molar-refractivity contribution in [2.45, 2.75) is 19.8 Å². The fourth-order valence-electron chi connectivity index (χ4n) is 1.86. The molecular weight excluding hydrogens is 244 g/mol. The van der Waals surface area contributed by atoms with E-state index in [9.17, 15) is 4.79 Å². The van der Waals surface area contributed by atoms with Gasteiger partial charge in [-0.15, -0.1) is 11.3 Å². The molecule has 2 rings (SSSR count). The summed E-state index contributed by atoms with van der Waals surface area (Å²) in [6.45, 7) is 1.99. The maximum atomic E-state index is 12.2. The van der Waals surface area contributed by atoms with Crippen LogP contribution in [0.15, 0.2) is 35.7 Å². The standard InChI is InChI=1S/C15H16O2S/c1-11-5-7-13(15(10-11)17-2)14(16)8-6-12-4-3-9-18-12/h3-5,7,9-10H,6,8H2,1-2H3. The Hall–Kier alpha value is -1.61. The van der Waals surface area contributed by atoms with Gasteiger partial charge in [-0.25, -0.2) is 0 Å². The van der Waals surface area contributed by atoms with Crippen LogP contribution in [0.3, 0.4) is 0 Å². The lowest BCUT2D eigenvalue weighted by molar-refractivity contribution is 0.0980. The number of aryl methyl sites for hydroxylation is 2. The summed E-state index contributed by atoms with van der Waals surface area (Å²) < 4.78 is 5.27. The number of hydrogen-bond acceptors (Lipinski definition) is 3. The van der Waals surface area contributed by atoms with Crippen molar-refractivity contribution >= 4 is 17.1 Å². The van der Waals surface area contributed by atoms with Gasteiger partial charge in [-0.05, 0) is 42.5 Å². The molecule has 0 saturated carbocycles. The SMILES string of the molecule is COc1cc(C)ccc1C(=O)CCc1cccs1. The Morgan fingerprint density at radius 2 is 2.17 bits per heavy atom. The molecule has 0 aliphatic heterocycles. The number of benzene rings is 1. The van der Waals surface area contributed by atoms with Crippen molar-refractivity contribution in [2.24, 2.45) is 0 Å². The van der Waals surface area contributed by atoms with Crippen LogP contribution in [0.2, 0.25) is 0 Å². The van der Waals surface area contributed by atoms with Crippen molar-refractivity contribution in [2.75, 3.05) is 7.11 Å². The zero-order chi connectivity index (χ0) is 13.0. The number of ether oxygens (including phenoxy) is 1. The Labute approximate surface area is 111 Å². The lowest BCUT2D eigenvalue weighted by Gasteiger charge is -2.08. The van der Waals surface area contributed by atoms with Crippen LogP contribution in [0.25, 0.3) is 0 Å². The van der Waals surface area contributed by atoms with Crippen molar-refractivity contribution in [1.29, 1.82) is 0 Å². The molecule has 3 heteroatoms. The van der Waals surface area contributed by atoms with Crippen molar-refractivity contribution < 1.29 is 9.53 Å². The molecule has 0 amide bonds. The highest BCUT2D eigenvalue weighted by molar-refractivity contribution is 7.09. The normalized spacial score (nSPS) is 10.3. The zero-order valence-electron chi connectivity index (χ0n) is 10.6. The first-order valence-corrected chi connectivity index (χ1v) is 6.79. The Bertz CT molecular complexity index is 529. The van der Waals surface area contributed by atoms with Gasteiger partial charge in [0.05, 0.1) is 12.7 Å². The number of thiophene rings is 1. The second-order valence-corrected chi connectivity index (χ2v) is 5.24. The molecule has 1 heterocycles. The minimum Gasteiger partial charge on any atom is -0.496 e. The highest BCUT2D eigenvalue weighted by Crippen LogP contribution is 2.22. The Kier molecular flexibility index (Phi) is 4.15. The molecule has 0 aliphatic carbocycles. The lowest BCUT2D eigenvalue weighted by atomic mass is 10.0. The number of ketones is 1. The summed E-state index contributed by atoms with van der Waals surface area (Å²) in [5.74, 6) is 0.812. The van der Waals surface area contributed by atoms with E-state index in [2.05, 4.69) is 6.07 Å². The lowest BCUT2D eigenvalue weighted by Crippen LogP contribution is -2.03. The molecule has 2 aromatic rings. The molecule has 0 radical (unpaired) electrons. The Balaban J connectivity index is 2.09. The topological polar surface area (TPSA) is 26.3 Å². The summed E-state index contributed by atoms with van der Waals surface area (Å²) in [6.07, 6.45) is 1.33. The summed E-state index contributed by atoms with van der Waals surface area (Å²) in [6, 6.07) is 9.77. The first-order chi connectivity index (χ1) is 8.70. The van der Waals surface area contributed by atoms with Gasteiger partial charge in [-0.2, -0.15) is 0 Å². The van der Waals surface area contributed by atoms with Gasteiger partial charge in [-0.1, -0.05) is 12.1 Å². The summed E-state index contributed by atoms with van der Waals surface area (Å²) >= 11 is 1.69. The van der Waals surface area contributed by atoms with Gasteiger partial charge >= 0.3 is 0 Å². The minimum atomic E-state index is 0.139. The molecule has 0 saturated heterocycles. The number of rotatable bonds is 5. The zero-order valence-corrected chi connectivity index (χ0v) is 11.4. The quantitative estimate of drug-likeness (QED) is 0.763. The van der Waals surface area contributed by atoms with Gasteiger partial charge in [0, 0.05) is 11.3 Å². The number of hydrogen-bond donors (Lipinski definition) is 0. The summed E-state index contributed by atoms with van der Waals surface area (Å²) in [4.78, 5) is 13.4. The largest absolute Gasteiger partial charge is 0.496 e. The molecule has 0 N–H and O–H groups in total. The molecular formula is C15H16O2S. The predicted molar refractivity (Wildman–Crippen MR) is 74.7 cm³/mol. The van der Waals surface area contributed by atoms with E-state index in [4.69, 9.17) is 4.74 Å². The molecule has 2 nitrogen and oxygen atoms in total. The molecule has 0 fully saturated rings. The van der Waals surface area contributed by atoms with E-state index in [1.165, 1.54) is 4.88 Å². The first-order valence-electron chi connectivity index (χ1n) is 5.91. The predicted octanol–water partition coefficient (Wildman–Crippen LogP) is 3.88. The molecule has 94 valence electrons. The second kappa shape index (κ2) is 5.83. The van der Waals surface area contributed by atoms with E-state index in [0.29, 0.717) is 17.7 Å². The molecule has 0 spiro atoms. The molecule has 0 aliphatic rings. The number of methoxy groups -OCH3 is 1. The third-order valence-electron chi connectivity index (χ3n) is 2.84. The van der Waals surface area contributed by atoms with Crippen LogP contribution in [0.1, 0.15) is 27.2 Å². The van der Waals surface area contributed by atoms with E-state index in [0.717, 1.165) is 12.0 Å². The van der Waals surface area contributed by atoms with Gasteiger partial charge in [0.1, 0.15) is 5.75 Å². The molecule has 0 atom stereocenters. The van der Waals surface area contributed by atoms with Gasteiger partial charge in [0.2, 0.25) is 0 Å². The highest BCUT2D eigenvalue weighted by atomic mass is 32.1. The van der Waals surface area contributed by atoms with E-state index < -0.39 is 0 Å². The van der Waals surface area contributed by atoms with Crippen LogP contribution in [0, 0.1) is 6.92 Å². The average Bonchev–Trinajstić information content (AvgIpc) is 2.88. The fraction of sp³-hybridized carbons (Fsp3) is 0.267. The number of Topliss-reactive ketones (excluding diaryl/α,β-unsaturated/α-hetero) is 1. The van der Waals surface area contributed by atoms with Crippen LogP contribution in [-0.4, -0.2) is 12.9 Å². The van der Waals surface area contributed by atoms with Crippen LogP contribution < -0.4 is 4.74 Å². The average molecular weight is 260 g/mol. The number of carbonyl (C=O) groups is 1. The Morgan fingerprint density at radius 1 is 1.33 bits per heavy atom. The summed E-state index contributed by atoms with van der Waals surface area (Å²) in [5, 5.41) is 2.03. The molecule has 18 heavy (non-hydrogen) atoms. The second-order valence-electron chi connectivity index (χ2n) is 4.21. The van der Waals surface area contributed by atoms with Crippen molar-refractivity contribution in [3.05, 3.63) is 51.7 Å². The molecule has 1 aromatic carbocycles. The van der Waals surface area contributed by atoms with Crippen LogP contribution in [0.4, 0.5) is 0 Å². The van der Waals surface area contributed by atoms with Gasteiger partial charge < -0.3 is 4.74 Å². The third-order valence-corrected chi connectivity index (χ3v) is 3.77. The summed E-state index contributed by atoms with van der Waals surface area (Å²) in [5.41, 5.74) is 1.78. The van der Waals surface area contributed by atoms with Crippen LogP contribution in [-0.2, 0) is 6.42 Å². The van der Waals surface area contributed by atoms with Crippen molar-refractivity contribution in [3.63, 3.8) is 0 Å². The smallest absolute Gasteiger partial charge is 0.166 e. The fourth-order valence-corrected chi connectivity index (χ4v) is 2.56. The van der Waals surface area contributed by atoms with E-state index in [-0.39, 0.29) is 5.78 Å². The first kappa shape index (κ1) is 12.8. The maximum Gasteiger partial charge on any atom is 0.166 e. The van der Waals surface area contributed by atoms with Gasteiger partial charge in [0.15, 0.2) is 5.78 Å². The number of carbonyl (C=O) groups excluding carboxylic acids is 1. The van der Waals surface area contributed by atoms with Crippen molar-refractivity contribution in [3.8, 4) is 5.75 Å². The molecule has 1 aromatic heterocycles. The van der Waals surface area contributed by atoms with E-state index in [1.807, 2.05) is 36.6 Å². The van der Waals surface area contributed by atoms with Gasteiger partial charge in [-0.3, -0.25) is 4.79 Å². The maximum absolute atomic E-state index is 12.2. The molecule has 0 unspecified atom stereocenters. The van der Waals surface area contributed by atoms with Crippen LogP contribution >= 0.6 is 11.3 Å². The van der Waals surface area contributed by atoms with E-state index in [1.54, 1.807) is 18.4 Å². The summed E-state index contributed by atoms with van der Waals surface area (Å²) in [7, 11) is 1.60. The highest BCUT2D eigenvalue weighted by Gasteiger charge is 2.12. The van der Waals surface area contributed by atoms with Crippen molar-refractivity contribution in [1.82, 2.24) is 0 Å². The third kappa shape index (κ3) is 2.99. The molecule has 0 bridgehead atoms. The Morgan fingerprint density at radius 3 is 2.83 bits per heavy atom. The minimum absolute atomic E-state index is 0.139.